The van der Waals surface area contributed by atoms with Gasteiger partial charge in [0.15, 0.2) is 0 Å². The van der Waals surface area contributed by atoms with E-state index in [4.69, 9.17) is 0 Å². The Morgan fingerprint density at radius 1 is 1.29 bits per heavy atom. The Labute approximate surface area is 85.2 Å². The maximum Gasteiger partial charge on any atom is 0.208 e. The summed E-state index contributed by atoms with van der Waals surface area (Å²) < 4.78 is 24.4. The molecule has 0 bridgehead atoms. The van der Waals surface area contributed by atoms with Crippen LogP contribution in [0.25, 0.3) is 0 Å². The third-order valence-corrected chi connectivity index (χ3v) is 2.63. The summed E-state index contributed by atoms with van der Waals surface area (Å²) in [5.41, 5.74) is 1.14. The molecule has 0 aliphatic rings. The Morgan fingerprint density at radius 2 is 1.86 bits per heavy atom. The zero-order valence-electron chi connectivity index (χ0n) is 8.40. The van der Waals surface area contributed by atoms with Gasteiger partial charge in [0.25, 0.3) is 0 Å². The van der Waals surface area contributed by atoms with Crippen molar-refractivity contribution in [3.8, 4) is 0 Å². The van der Waals surface area contributed by atoms with Crippen molar-refractivity contribution in [1.82, 2.24) is 4.72 Å². The zero-order valence-corrected chi connectivity index (χ0v) is 9.21. The number of nitrogens with one attached hydrogen (secondary N) is 1. The molecule has 1 aromatic rings. The lowest BCUT2D eigenvalue weighted by molar-refractivity contribution is 0.565. The van der Waals surface area contributed by atoms with Gasteiger partial charge in [-0.25, -0.2) is 13.1 Å². The highest BCUT2D eigenvalue weighted by Crippen LogP contribution is 2.02. The lowest BCUT2D eigenvalue weighted by Crippen LogP contribution is -2.33. The molecule has 0 heterocycles. The minimum Gasteiger partial charge on any atom is -0.213 e. The largest absolute Gasteiger partial charge is 0.213 e. The standard InChI is InChI=1S/C10H15NO2S/c1-9(11-14(2,12)13)8-10-6-4-3-5-7-10/h3-7,9,11H,8H2,1-2H3/t9-/m1/s1. The first-order chi connectivity index (χ1) is 6.47. The highest BCUT2D eigenvalue weighted by Gasteiger charge is 2.08. The molecule has 0 fully saturated rings. The predicted molar refractivity (Wildman–Crippen MR) is 57.6 cm³/mol. The van der Waals surface area contributed by atoms with Crippen molar-refractivity contribution >= 4 is 10.0 Å². The predicted octanol–water partition coefficient (Wildman–Crippen LogP) is 1.17. The summed E-state index contributed by atoms with van der Waals surface area (Å²) in [5, 5.41) is 0. The monoisotopic (exact) mass is 213 g/mol. The van der Waals surface area contributed by atoms with Gasteiger partial charge in [0.05, 0.1) is 6.26 Å². The molecule has 3 nitrogen and oxygen atoms in total. The van der Waals surface area contributed by atoms with E-state index in [0.717, 1.165) is 5.56 Å². The van der Waals surface area contributed by atoms with Crippen LogP contribution >= 0.6 is 0 Å². The molecule has 14 heavy (non-hydrogen) atoms. The molecule has 1 N–H and O–H groups in total. The number of rotatable bonds is 4. The summed E-state index contributed by atoms with van der Waals surface area (Å²) in [6.45, 7) is 1.86. The topological polar surface area (TPSA) is 46.2 Å². The van der Waals surface area contributed by atoms with Crippen LogP contribution in [0.3, 0.4) is 0 Å². The minimum absolute atomic E-state index is 0.0626. The van der Waals surface area contributed by atoms with Gasteiger partial charge in [0.1, 0.15) is 0 Å². The third kappa shape index (κ3) is 4.39. The molecule has 0 amide bonds. The molecule has 0 radical (unpaired) electrons. The molecule has 0 aliphatic heterocycles. The highest BCUT2D eigenvalue weighted by molar-refractivity contribution is 7.88. The molecule has 4 heteroatoms. The average molecular weight is 213 g/mol. The number of hydrogen-bond donors (Lipinski definition) is 1. The van der Waals surface area contributed by atoms with Gasteiger partial charge in [0, 0.05) is 6.04 Å². The molecule has 0 aromatic heterocycles. The maximum absolute atomic E-state index is 10.9. The molecule has 0 saturated carbocycles. The third-order valence-electron chi connectivity index (χ3n) is 1.80. The molecule has 0 spiro atoms. The van der Waals surface area contributed by atoms with E-state index in [1.165, 1.54) is 6.26 Å². The summed E-state index contributed by atoms with van der Waals surface area (Å²) in [7, 11) is -3.09. The SMILES string of the molecule is C[C@H](Cc1ccccc1)NS(C)(=O)=O. The fourth-order valence-electron chi connectivity index (χ4n) is 1.37. The van der Waals surface area contributed by atoms with Gasteiger partial charge in [-0.05, 0) is 18.9 Å². The van der Waals surface area contributed by atoms with Crippen molar-refractivity contribution in [1.29, 1.82) is 0 Å². The van der Waals surface area contributed by atoms with Gasteiger partial charge >= 0.3 is 0 Å². The van der Waals surface area contributed by atoms with Gasteiger partial charge < -0.3 is 0 Å². The van der Waals surface area contributed by atoms with Crippen LogP contribution < -0.4 is 4.72 Å². The fraction of sp³-hybridized carbons (Fsp3) is 0.400. The molecular weight excluding hydrogens is 198 g/mol. The Bertz CT molecular complexity index is 372. The summed E-state index contributed by atoms with van der Waals surface area (Å²) in [6.07, 6.45) is 1.89. The Morgan fingerprint density at radius 3 is 2.36 bits per heavy atom. The lowest BCUT2D eigenvalue weighted by Gasteiger charge is -2.11. The van der Waals surface area contributed by atoms with Crippen molar-refractivity contribution in [2.45, 2.75) is 19.4 Å². The zero-order chi connectivity index (χ0) is 10.6. The minimum atomic E-state index is -3.09. The molecule has 78 valence electrons. The first kappa shape index (κ1) is 11.2. The van der Waals surface area contributed by atoms with Crippen LogP contribution in [-0.4, -0.2) is 20.7 Å². The van der Waals surface area contributed by atoms with Gasteiger partial charge in [0.2, 0.25) is 10.0 Å². The van der Waals surface area contributed by atoms with Crippen LogP contribution in [0.5, 0.6) is 0 Å². The smallest absolute Gasteiger partial charge is 0.208 e. The second-order valence-corrected chi connectivity index (χ2v) is 5.26. The average Bonchev–Trinajstić information content (AvgIpc) is 2.02. The van der Waals surface area contributed by atoms with Crippen molar-refractivity contribution in [2.24, 2.45) is 0 Å². The Hall–Kier alpha value is -0.870. The van der Waals surface area contributed by atoms with Gasteiger partial charge in [-0.1, -0.05) is 30.3 Å². The van der Waals surface area contributed by atoms with Crippen LogP contribution in [0, 0.1) is 0 Å². The Kier molecular flexibility index (Phi) is 3.66. The molecule has 0 saturated heterocycles. The van der Waals surface area contributed by atoms with Crippen molar-refractivity contribution in [3.63, 3.8) is 0 Å². The molecule has 1 atom stereocenters. The van der Waals surface area contributed by atoms with Gasteiger partial charge in [-0.15, -0.1) is 0 Å². The molecule has 1 rings (SSSR count). The van der Waals surface area contributed by atoms with E-state index < -0.39 is 10.0 Å². The van der Waals surface area contributed by atoms with Crippen LogP contribution in [-0.2, 0) is 16.4 Å². The van der Waals surface area contributed by atoms with E-state index >= 15 is 0 Å². The summed E-state index contributed by atoms with van der Waals surface area (Å²) >= 11 is 0. The van der Waals surface area contributed by atoms with Gasteiger partial charge in [-0.2, -0.15) is 0 Å². The molecule has 0 aliphatic carbocycles. The van der Waals surface area contributed by atoms with E-state index in [1.807, 2.05) is 37.3 Å². The first-order valence-corrected chi connectivity index (χ1v) is 6.38. The first-order valence-electron chi connectivity index (χ1n) is 4.48. The van der Waals surface area contributed by atoms with Crippen molar-refractivity contribution in [3.05, 3.63) is 35.9 Å². The molecular formula is C10H15NO2S. The second kappa shape index (κ2) is 4.57. The van der Waals surface area contributed by atoms with E-state index in [-0.39, 0.29) is 6.04 Å². The van der Waals surface area contributed by atoms with E-state index in [0.29, 0.717) is 6.42 Å². The summed E-state index contributed by atoms with van der Waals surface area (Å²) in [6, 6.07) is 9.75. The van der Waals surface area contributed by atoms with E-state index in [2.05, 4.69) is 4.72 Å². The summed E-state index contributed by atoms with van der Waals surface area (Å²) in [5.74, 6) is 0. The number of benzene rings is 1. The van der Waals surface area contributed by atoms with Gasteiger partial charge in [-0.3, -0.25) is 0 Å². The van der Waals surface area contributed by atoms with Crippen LogP contribution in [0.1, 0.15) is 12.5 Å². The van der Waals surface area contributed by atoms with Crippen LogP contribution in [0.4, 0.5) is 0 Å². The summed E-state index contributed by atoms with van der Waals surface area (Å²) in [4.78, 5) is 0. The fourth-order valence-corrected chi connectivity index (χ4v) is 2.19. The Balaban J connectivity index is 2.54. The number of sulfonamides is 1. The molecule has 1 aromatic carbocycles. The normalized spacial score (nSPS) is 13.9. The lowest BCUT2D eigenvalue weighted by atomic mass is 10.1. The van der Waals surface area contributed by atoms with Crippen molar-refractivity contribution in [2.75, 3.05) is 6.26 Å². The van der Waals surface area contributed by atoms with E-state index in [1.54, 1.807) is 0 Å². The van der Waals surface area contributed by atoms with Crippen molar-refractivity contribution < 1.29 is 8.42 Å². The number of hydrogen-bond acceptors (Lipinski definition) is 2. The van der Waals surface area contributed by atoms with E-state index in [9.17, 15) is 8.42 Å². The second-order valence-electron chi connectivity index (χ2n) is 3.48. The maximum atomic E-state index is 10.9. The quantitative estimate of drug-likeness (QED) is 0.816. The highest BCUT2D eigenvalue weighted by atomic mass is 32.2. The molecule has 0 unspecified atom stereocenters. The van der Waals surface area contributed by atoms with Crippen LogP contribution in [0.2, 0.25) is 0 Å². The van der Waals surface area contributed by atoms with Crippen LogP contribution in [0.15, 0.2) is 30.3 Å².